The van der Waals surface area contributed by atoms with Gasteiger partial charge in [0.1, 0.15) is 0 Å². The molecule has 4 nitrogen and oxygen atoms in total. The van der Waals surface area contributed by atoms with Crippen molar-refractivity contribution in [2.24, 2.45) is 7.05 Å². The van der Waals surface area contributed by atoms with Crippen molar-refractivity contribution >= 4 is 16.6 Å². The Labute approximate surface area is 110 Å². The first-order valence-corrected chi connectivity index (χ1v) is 6.75. The Balaban J connectivity index is 2.26. The van der Waals surface area contributed by atoms with Gasteiger partial charge in [0.15, 0.2) is 5.65 Å². The van der Waals surface area contributed by atoms with Gasteiger partial charge in [0.25, 0.3) is 5.56 Å². The first-order chi connectivity index (χ1) is 9.27. The van der Waals surface area contributed by atoms with Gasteiger partial charge in [0, 0.05) is 18.3 Å². The Morgan fingerprint density at radius 1 is 1.16 bits per heavy atom. The summed E-state index contributed by atoms with van der Waals surface area (Å²) in [4.78, 5) is 17.3. The van der Waals surface area contributed by atoms with Gasteiger partial charge in [0.05, 0.1) is 10.9 Å². The van der Waals surface area contributed by atoms with Crippen molar-refractivity contribution in [2.45, 2.75) is 25.7 Å². The quantitative estimate of drug-likeness (QED) is 0.615. The highest BCUT2D eigenvalue weighted by Gasteiger charge is 2.21. The monoisotopic (exact) mass is 253 g/mol. The average molecular weight is 253 g/mol. The molecule has 1 aromatic carbocycles. The topological polar surface area (TPSA) is 39.3 Å². The second-order valence-corrected chi connectivity index (χ2v) is 5.23. The number of hydrogen-bond donors (Lipinski definition) is 0. The molecule has 0 saturated heterocycles. The molecule has 4 heteroatoms. The summed E-state index contributed by atoms with van der Waals surface area (Å²) in [7, 11) is 1.97. The van der Waals surface area contributed by atoms with Crippen LogP contribution in [0.3, 0.4) is 0 Å². The van der Waals surface area contributed by atoms with Gasteiger partial charge < -0.3 is 0 Å². The van der Waals surface area contributed by atoms with Crippen molar-refractivity contribution in [3.8, 4) is 0 Å². The molecule has 0 spiro atoms. The highest BCUT2D eigenvalue weighted by atomic mass is 16.1. The molecule has 0 radical (unpaired) electrons. The third-order valence-electron chi connectivity index (χ3n) is 4.15. The van der Waals surface area contributed by atoms with Crippen molar-refractivity contribution in [3.63, 3.8) is 0 Å². The molecule has 0 unspecified atom stereocenters. The Bertz CT molecular complexity index is 857. The molecule has 0 bridgehead atoms. The second kappa shape index (κ2) is 3.70. The first kappa shape index (κ1) is 10.8. The van der Waals surface area contributed by atoms with Crippen molar-refractivity contribution in [1.82, 2.24) is 14.2 Å². The van der Waals surface area contributed by atoms with Gasteiger partial charge in [-0.2, -0.15) is 4.52 Å². The summed E-state index contributed by atoms with van der Waals surface area (Å²) in [5.41, 5.74) is 4.22. The van der Waals surface area contributed by atoms with Crippen LogP contribution in [0.5, 0.6) is 0 Å². The lowest BCUT2D eigenvalue weighted by molar-refractivity contribution is 0.599. The molecule has 0 fully saturated rings. The van der Waals surface area contributed by atoms with Gasteiger partial charge in [-0.1, -0.05) is 12.1 Å². The lowest BCUT2D eigenvalue weighted by Crippen LogP contribution is -2.20. The fraction of sp³-hybridized carbons (Fsp3) is 0.333. The summed E-state index contributed by atoms with van der Waals surface area (Å²) in [5.74, 6) is 0. The van der Waals surface area contributed by atoms with Crippen LogP contribution in [0.25, 0.3) is 16.6 Å². The van der Waals surface area contributed by atoms with Crippen LogP contribution in [0.2, 0.25) is 0 Å². The third kappa shape index (κ3) is 1.34. The Hall–Kier alpha value is -2.10. The van der Waals surface area contributed by atoms with Gasteiger partial charge >= 0.3 is 0 Å². The zero-order valence-corrected chi connectivity index (χ0v) is 10.9. The number of rotatable bonds is 0. The summed E-state index contributed by atoms with van der Waals surface area (Å²) < 4.78 is 3.73. The fourth-order valence-electron chi connectivity index (χ4n) is 3.21. The van der Waals surface area contributed by atoms with Crippen LogP contribution in [-0.4, -0.2) is 14.2 Å². The molecule has 96 valence electrons. The van der Waals surface area contributed by atoms with E-state index in [0.717, 1.165) is 24.0 Å². The highest BCUT2D eigenvalue weighted by molar-refractivity contribution is 5.80. The summed E-state index contributed by atoms with van der Waals surface area (Å²) in [6, 6.07) is 7.59. The molecule has 1 aliphatic rings. The molecule has 3 aromatic rings. The number of hydrogen-bond acceptors (Lipinski definition) is 2. The van der Waals surface area contributed by atoms with E-state index in [-0.39, 0.29) is 5.56 Å². The number of nitrogens with zero attached hydrogens (tertiary/aromatic N) is 3. The van der Waals surface area contributed by atoms with Crippen LogP contribution in [0, 0.1) is 0 Å². The van der Waals surface area contributed by atoms with E-state index in [2.05, 4.69) is 0 Å². The van der Waals surface area contributed by atoms with E-state index < -0.39 is 0 Å². The lowest BCUT2D eigenvalue weighted by atomic mass is 9.98. The molecular weight excluding hydrogens is 238 g/mol. The lowest BCUT2D eigenvalue weighted by Gasteiger charge is -2.11. The summed E-state index contributed by atoms with van der Waals surface area (Å²) in [5, 5.41) is 0.693. The van der Waals surface area contributed by atoms with E-state index in [9.17, 15) is 4.79 Å². The fourth-order valence-corrected chi connectivity index (χ4v) is 3.21. The van der Waals surface area contributed by atoms with Crippen LogP contribution in [-0.2, 0) is 19.9 Å². The van der Waals surface area contributed by atoms with Crippen molar-refractivity contribution in [2.75, 3.05) is 0 Å². The van der Waals surface area contributed by atoms with E-state index in [4.69, 9.17) is 4.98 Å². The van der Waals surface area contributed by atoms with E-state index >= 15 is 0 Å². The summed E-state index contributed by atoms with van der Waals surface area (Å²) >= 11 is 0. The zero-order chi connectivity index (χ0) is 13.0. The predicted octanol–water partition coefficient (Wildman–Crippen LogP) is 2.06. The molecule has 4 rings (SSSR count). The smallest absolute Gasteiger partial charge is 0.280 e. The van der Waals surface area contributed by atoms with Crippen molar-refractivity contribution < 1.29 is 0 Å². The summed E-state index contributed by atoms with van der Waals surface area (Å²) in [6.07, 6.45) is 4.47. The number of aromatic nitrogens is 3. The van der Waals surface area contributed by atoms with Crippen molar-refractivity contribution in [1.29, 1.82) is 0 Å². The number of para-hydroxylation sites is 1. The highest BCUT2D eigenvalue weighted by Crippen LogP contribution is 2.25. The minimum Gasteiger partial charge on any atom is -0.283 e. The molecule has 1 aliphatic carbocycles. The van der Waals surface area contributed by atoms with E-state index in [1.807, 2.05) is 36.0 Å². The van der Waals surface area contributed by atoms with Crippen LogP contribution >= 0.6 is 0 Å². The maximum atomic E-state index is 12.6. The molecule has 2 heterocycles. The Morgan fingerprint density at radius 3 is 2.84 bits per heavy atom. The van der Waals surface area contributed by atoms with E-state index in [1.54, 1.807) is 4.52 Å². The van der Waals surface area contributed by atoms with Gasteiger partial charge in [-0.05, 0) is 37.8 Å². The second-order valence-electron chi connectivity index (χ2n) is 5.23. The maximum Gasteiger partial charge on any atom is 0.280 e. The molecule has 0 N–H and O–H groups in total. The van der Waals surface area contributed by atoms with E-state index in [1.165, 1.54) is 24.1 Å². The average Bonchev–Trinajstić information content (AvgIpc) is 2.74. The SMILES string of the molecule is Cn1c2c(c3nc4ccccc4c(=O)n31)CCCC2. The first-order valence-electron chi connectivity index (χ1n) is 6.75. The zero-order valence-electron chi connectivity index (χ0n) is 10.9. The van der Waals surface area contributed by atoms with Gasteiger partial charge in [-0.15, -0.1) is 0 Å². The van der Waals surface area contributed by atoms with Crippen molar-refractivity contribution in [3.05, 3.63) is 45.9 Å². The molecule has 0 atom stereocenters. The predicted molar refractivity (Wildman–Crippen MR) is 74.6 cm³/mol. The molecular formula is C15H15N3O. The molecule has 2 aromatic heterocycles. The standard InChI is InChI=1S/C15H15N3O/c1-17-13-9-5-3-7-11(13)14-16-12-8-4-2-6-10(12)15(19)18(14)17/h2,4,6,8H,3,5,7,9H2,1H3. The number of fused-ring (bicyclic) bond motifs is 4. The molecule has 0 saturated carbocycles. The third-order valence-corrected chi connectivity index (χ3v) is 4.15. The Kier molecular flexibility index (Phi) is 2.10. The van der Waals surface area contributed by atoms with Crippen LogP contribution < -0.4 is 5.56 Å². The number of aryl methyl sites for hydroxylation is 2. The number of benzene rings is 1. The minimum atomic E-state index is 0.0394. The molecule has 0 aliphatic heterocycles. The van der Waals surface area contributed by atoms with E-state index in [0.29, 0.717) is 5.39 Å². The van der Waals surface area contributed by atoms with Gasteiger partial charge in [0.2, 0.25) is 0 Å². The normalized spacial score (nSPS) is 15.0. The van der Waals surface area contributed by atoms with Gasteiger partial charge in [-0.3, -0.25) is 9.48 Å². The van der Waals surface area contributed by atoms with Crippen LogP contribution in [0.1, 0.15) is 24.1 Å². The van der Waals surface area contributed by atoms with Gasteiger partial charge in [-0.25, -0.2) is 4.98 Å². The van der Waals surface area contributed by atoms with Crippen LogP contribution in [0.4, 0.5) is 0 Å². The maximum absolute atomic E-state index is 12.6. The molecule has 0 amide bonds. The Morgan fingerprint density at radius 2 is 1.95 bits per heavy atom. The van der Waals surface area contributed by atoms with Crippen LogP contribution in [0.15, 0.2) is 29.1 Å². The molecule has 19 heavy (non-hydrogen) atoms. The largest absolute Gasteiger partial charge is 0.283 e. The summed E-state index contributed by atoms with van der Waals surface area (Å²) in [6.45, 7) is 0. The minimum absolute atomic E-state index is 0.0394.